The van der Waals surface area contributed by atoms with Gasteiger partial charge in [0.25, 0.3) is 0 Å². The summed E-state index contributed by atoms with van der Waals surface area (Å²) in [6.07, 6.45) is 10.6. The standard InChI is InChI=1S/C31H50O7/c1-9-25(34)22(5)30-26(37-30)17-19(2)11-10-12-20(3)29-21(4)13-14-27(36-23(6)32)31(7,8)16-15-24(33)18-28(35)38-29/h10-14,19,21-22,24-27,29-30,33-34H,9,15-18H2,1-8H3/b11-10+,14-13+,20-12+. The summed E-state index contributed by atoms with van der Waals surface area (Å²) in [5.41, 5.74) is 0.483. The topological polar surface area (TPSA) is 106 Å². The van der Waals surface area contributed by atoms with Crippen molar-refractivity contribution in [3.05, 3.63) is 36.0 Å². The van der Waals surface area contributed by atoms with Crippen LogP contribution in [0.15, 0.2) is 36.0 Å². The van der Waals surface area contributed by atoms with Gasteiger partial charge in [-0.15, -0.1) is 0 Å². The van der Waals surface area contributed by atoms with Crippen LogP contribution in [-0.4, -0.2) is 58.8 Å². The lowest BCUT2D eigenvalue weighted by Crippen LogP contribution is -2.35. The Balaban J connectivity index is 2.12. The molecule has 9 unspecified atom stereocenters. The van der Waals surface area contributed by atoms with E-state index in [1.165, 1.54) is 6.92 Å². The monoisotopic (exact) mass is 534 g/mol. The highest BCUT2D eigenvalue weighted by Crippen LogP contribution is 2.36. The number of aliphatic hydroxyl groups excluding tert-OH is 2. The summed E-state index contributed by atoms with van der Waals surface area (Å²) in [6.45, 7) is 15.5. The third-order valence-corrected chi connectivity index (χ3v) is 7.93. The van der Waals surface area contributed by atoms with Crippen molar-refractivity contribution in [3.63, 3.8) is 0 Å². The second-order valence-electron chi connectivity index (χ2n) is 12.1. The molecule has 2 aliphatic heterocycles. The van der Waals surface area contributed by atoms with Crippen molar-refractivity contribution in [2.24, 2.45) is 23.2 Å². The number of allylic oxidation sites excluding steroid dienone is 3. The summed E-state index contributed by atoms with van der Waals surface area (Å²) in [7, 11) is 0. The zero-order chi connectivity index (χ0) is 28.6. The molecule has 0 aromatic rings. The first-order valence-corrected chi connectivity index (χ1v) is 14.2. The highest BCUT2D eigenvalue weighted by molar-refractivity contribution is 5.70. The van der Waals surface area contributed by atoms with E-state index in [0.717, 1.165) is 18.4 Å². The van der Waals surface area contributed by atoms with Crippen molar-refractivity contribution < 1.29 is 34.0 Å². The Hall–Kier alpha value is -1.96. The number of epoxide rings is 1. The number of carbonyl (C=O) groups excluding carboxylic acids is 2. The minimum atomic E-state index is -0.821. The van der Waals surface area contributed by atoms with Crippen LogP contribution < -0.4 is 0 Å². The Bertz CT molecular complexity index is 873. The first-order valence-electron chi connectivity index (χ1n) is 14.2. The van der Waals surface area contributed by atoms with Gasteiger partial charge in [-0.1, -0.05) is 65.8 Å². The van der Waals surface area contributed by atoms with Crippen LogP contribution >= 0.6 is 0 Å². The molecule has 0 spiro atoms. The molecule has 0 aliphatic carbocycles. The molecule has 0 aromatic heterocycles. The van der Waals surface area contributed by atoms with E-state index in [1.807, 2.05) is 65.8 Å². The van der Waals surface area contributed by atoms with E-state index >= 15 is 0 Å². The Morgan fingerprint density at radius 1 is 1.26 bits per heavy atom. The molecule has 9 atom stereocenters. The summed E-state index contributed by atoms with van der Waals surface area (Å²) in [6, 6.07) is 0. The number of carbonyl (C=O) groups is 2. The molecule has 2 N–H and O–H groups in total. The van der Waals surface area contributed by atoms with E-state index in [2.05, 4.69) is 13.0 Å². The lowest BCUT2D eigenvalue weighted by Gasteiger charge is -2.33. The molecule has 1 saturated heterocycles. The molecule has 216 valence electrons. The maximum atomic E-state index is 12.7. The summed E-state index contributed by atoms with van der Waals surface area (Å²) >= 11 is 0. The van der Waals surface area contributed by atoms with Crippen molar-refractivity contribution in [1.82, 2.24) is 0 Å². The van der Waals surface area contributed by atoms with E-state index in [4.69, 9.17) is 14.2 Å². The number of cyclic esters (lactones) is 1. The molecule has 7 heteroatoms. The molecular weight excluding hydrogens is 484 g/mol. The van der Waals surface area contributed by atoms with Gasteiger partial charge in [-0.25, -0.2) is 0 Å². The highest BCUT2D eigenvalue weighted by Gasteiger charge is 2.45. The predicted molar refractivity (Wildman–Crippen MR) is 148 cm³/mol. The van der Waals surface area contributed by atoms with Crippen molar-refractivity contribution in [2.45, 2.75) is 124 Å². The molecule has 0 amide bonds. The zero-order valence-corrected chi connectivity index (χ0v) is 24.6. The Labute approximate surface area is 229 Å². The van der Waals surface area contributed by atoms with Crippen LogP contribution in [0.2, 0.25) is 0 Å². The van der Waals surface area contributed by atoms with Crippen LogP contribution in [-0.2, 0) is 23.8 Å². The fraction of sp³-hybridized carbons (Fsp3) is 0.742. The molecule has 38 heavy (non-hydrogen) atoms. The van der Waals surface area contributed by atoms with E-state index < -0.39 is 29.7 Å². The normalized spacial score (nSPS) is 33.8. The van der Waals surface area contributed by atoms with E-state index in [-0.39, 0.29) is 48.5 Å². The second kappa shape index (κ2) is 14.4. The fourth-order valence-corrected chi connectivity index (χ4v) is 5.13. The lowest BCUT2D eigenvalue weighted by molar-refractivity contribution is -0.151. The predicted octanol–water partition coefficient (Wildman–Crippen LogP) is 5.30. The van der Waals surface area contributed by atoms with Crippen molar-refractivity contribution in [2.75, 3.05) is 0 Å². The van der Waals surface area contributed by atoms with Crippen molar-refractivity contribution >= 4 is 11.9 Å². The van der Waals surface area contributed by atoms with Gasteiger partial charge < -0.3 is 24.4 Å². The molecule has 0 radical (unpaired) electrons. The number of hydrogen-bond donors (Lipinski definition) is 2. The van der Waals surface area contributed by atoms with Gasteiger partial charge in [-0.05, 0) is 50.2 Å². The molecule has 0 bridgehead atoms. The van der Waals surface area contributed by atoms with Gasteiger partial charge in [0.2, 0.25) is 0 Å². The van der Waals surface area contributed by atoms with Gasteiger partial charge in [-0.2, -0.15) is 0 Å². The molecule has 0 saturated carbocycles. The van der Waals surface area contributed by atoms with Crippen molar-refractivity contribution in [3.8, 4) is 0 Å². The van der Waals surface area contributed by atoms with Crippen LogP contribution in [0.3, 0.4) is 0 Å². The quantitative estimate of drug-likeness (QED) is 0.179. The fourth-order valence-electron chi connectivity index (χ4n) is 5.13. The summed E-state index contributed by atoms with van der Waals surface area (Å²) < 4.78 is 17.3. The Morgan fingerprint density at radius 2 is 1.95 bits per heavy atom. The molecule has 7 nitrogen and oxygen atoms in total. The number of hydrogen-bond acceptors (Lipinski definition) is 7. The molecule has 2 heterocycles. The zero-order valence-electron chi connectivity index (χ0n) is 24.6. The van der Waals surface area contributed by atoms with E-state index in [0.29, 0.717) is 12.8 Å². The van der Waals surface area contributed by atoms with Gasteiger partial charge in [0.15, 0.2) is 0 Å². The molecule has 2 aliphatic rings. The Kier molecular flexibility index (Phi) is 12.2. The van der Waals surface area contributed by atoms with Gasteiger partial charge in [0.1, 0.15) is 12.2 Å². The summed E-state index contributed by atoms with van der Waals surface area (Å²) in [5.74, 6) is -0.525. The number of ether oxygens (including phenoxy) is 3. The van der Waals surface area contributed by atoms with Crippen LogP contribution in [0.25, 0.3) is 0 Å². The first kappa shape index (κ1) is 32.3. The molecular formula is C31H50O7. The van der Waals surface area contributed by atoms with E-state index in [9.17, 15) is 19.8 Å². The average Bonchev–Trinajstić information content (AvgIpc) is 3.60. The van der Waals surface area contributed by atoms with Gasteiger partial charge in [-0.3, -0.25) is 9.59 Å². The average molecular weight is 535 g/mol. The maximum absolute atomic E-state index is 12.7. The SMILES string of the molecule is CCC(O)C(C)C1OC1CC(C)/C=C/C=C(\C)C1OC(=O)CC(O)CCC(C)(C)C(OC(C)=O)/C=C/C1C. The maximum Gasteiger partial charge on any atom is 0.309 e. The first-order chi connectivity index (χ1) is 17.7. The lowest BCUT2D eigenvalue weighted by atomic mass is 9.80. The number of esters is 2. The van der Waals surface area contributed by atoms with Crippen LogP contribution in [0.5, 0.6) is 0 Å². The van der Waals surface area contributed by atoms with Crippen LogP contribution in [0.4, 0.5) is 0 Å². The Morgan fingerprint density at radius 3 is 2.58 bits per heavy atom. The van der Waals surface area contributed by atoms with E-state index in [1.54, 1.807) is 0 Å². The third kappa shape index (κ3) is 9.97. The number of aliphatic hydroxyl groups is 2. The largest absolute Gasteiger partial charge is 0.458 e. The van der Waals surface area contributed by atoms with Gasteiger partial charge in [0, 0.05) is 24.2 Å². The second-order valence-corrected chi connectivity index (χ2v) is 12.1. The van der Waals surface area contributed by atoms with Crippen LogP contribution in [0.1, 0.15) is 87.5 Å². The van der Waals surface area contributed by atoms with Crippen molar-refractivity contribution in [1.29, 1.82) is 0 Å². The molecule has 2 rings (SSSR count). The molecule has 0 aromatic carbocycles. The number of rotatable bonds is 9. The summed E-state index contributed by atoms with van der Waals surface area (Å²) in [5, 5.41) is 20.5. The smallest absolute Gasteiger partial charge is 0.309 e. The minimum Gasteiger partial charge on any atom is -0.458 e. The molecule has 1 fully saturated rings. The third-order valence-electron chi connectivity index (χ3n) is 7.93. The van der Waals surface area contributed by atoms with Gasteiger partial charge >= 0.3 is 11.9 Å². The summed E-state index contributed by atoms with van der Waals surface area (Å²) in [4.78, 5) is 24.4. The van der Waals surface area contributed by atoms with Gasteiger partial charge in [0.05, 0.1) is 30.8 Å². The minimum absolute atomic E-state index is 0.0743. The highest BCUT2D eigenvalue weighted by atomic mass is 16.6. The van der Waals surface area contributed by atoms with Crippen LogP contribution in [0, 0.1) is 23.2 Å².